The second-order valence-electron chi connectivity index (χ2n) is 9.13. The van der Waals surface area contributed by atoms with Crippen LogP contribution in [0.2, 0.25) is 0 Å². The predicted octanol–water partition coefficient (Wildman–Crippen LogP) is 3.50. The molecule has 4 rings (SSSR count). The Hall–Kier alpha value is -3.03. The van der Waals surface area contributed by atoms with Crippen molar-refractivity contribution in [2.24, 2.45) is 7.05 Å². The van der Waals surface area contributed by atoms with Gasteiger partial charge in [-0.1, -0.05) is 30.3 Å². The molecule has 6 nitrogen and oxygen atoms in total. The number of hydrogen-bond donors (Lipinski definition) is 1. The summed E-state index contributed by atoms with van der Waals surface area (Å²) in [5, 5.41) is 9.45. The largest absolute Gasteiger partial charge is 0.390 e. The minimum Gasteiger partial charge on any atom is -0.390 e. The molecule has 1 fully saturated rings. The lowest BCUT2D eigenvalue weighted by atomic mass is 9.98. The Morgan fingerprint density at radius 2 is 2.00 bits per heavy atom. The van der Waals surface area contributed by atoms with Crippen molar-refractivity contribution in [2.45, 2.75) is 39.0 Å². The summed E-state index contributed by atoms with van der Waals surface area (Å²) in [6, 6.07) is 13.0. The zero-order chi connectivity index (χ0) is 23.5. The molecule has 1 aromatic heterocycles. The highest BCUT2D eigenvalue weighted by molar-refractivity contribution is 5.92. The summed E-state index contributed by atoms with van der Waals surface area (Å²) in [6.07, 6.45) is 3.96. The number of likely N-dealkylation sites (tertiary alicyclic amines) is 1. The molecule has 2 aromatic carbocycles. The molecule has 1 aliphatic heterocycles. The fraction of sp³-hybridized carbons (Fsp3) is 0.385. The number of benzene rings is 2. The minimum absolute atomic E-state index is 0.0311. The number of imidazole rings is 1. The van der Waals surface area contributed by atoms with E-state index in [1.165, 1.54) is 6.07 Å². The van der Waals surface area contributed by atoms with Crippen LogP contribution in [0.4, 0.5) is 4.39 Å². The van der Waals surface area contributed by atoms with Crippen LogP contribution in [-0.4, -0.2) is 62.1 Å². The highest BCUT2D eigenvalue weighted by Gasteiger charge is 2.24. The average Bonchev–Trinajstić information content (AvgIpc) is 3.21. The van der Waals surface area contributed by atoms with E-state index >= 15 is 0 Å². The number of aromatic nitrogens is 2. The van der Waals surface area contributed by atoms with Crippen LogP contribution >= 0.6 is 0 Å². The molecule has 2 heterocycles. The highest BCUT2D eigenvalue weighted by Crippen LogP contribution is 2.26. The molecule has 0 unspecified atom stereocenters. The summed E-state index contributed by atoms with van der Waals surface area (Å²) in [7, 11) is 1.83. The second kappa shape index (κ2) is 9.85. The first-order valence-electron chi connectivity index (χ1n) is 11.4. The number of hydrogen-bond acceptors (Lipinski definition) is 4. The first-order chi connectivity index (χ1) is 15.8. The van der Waals surface area contributed by atoms with Gasteiger partial charge in [0.25, 0.3) is 5.91 Å². The molecule has 1 aliphatic rings. The van der Waals surface area contributed by atoms with Gasteiger partial charge < -0.3 is 14.6 Å². The first kappa shape index (κ1) is 23.1. The summed E-state index contributed by atoms with van der Waals surface area (Å²) < 4.78 is 16.5. The van der Waals surface area contributed by atoms with E-state index in [-0.39, 0.29) is 23.9 Å². The quantitative estimate of drug-likeness (QED) is 0.571. The Balaban J connectivity index is 1.52. The van der Waals surface area contributed by atoms with Crippen molar-refractivity contribution in [2.75, 3.05) is 19.6 Å². The van der Waals surface area contributed by atoms with Gasteiger partial charge in [0, 0.05) is 51.0 Å². The maximum atomic E-state index is 14.8. The number of aryl methyl sites for hydroxylation is 1. The van der Waals surface area contributed by atoms with E-state index in [1.807, 2.05) is 51.2 Å². The molecule has 174 valence electrons. The van der Waals surface area contributed by atoms with Crippen LogP contribution in [0.3, 0.4) is 0 Å². The van der Waals surface area contributed by atoms with Crippen molar-refractivity contribution < 1.29 is 14.3 Å². The second-order valence-corrected chi connectivity index (χ2v) is 9.13. The van der Waals surface area contributed by atoms with Gasteiger partial charge in [-0.15, -0.1) is 0 Å². The molecule has 0 radical (unpaired) electrons. The van der Waals surface area contributed by atoms with Crippen LogP contribution in [0.1, 0.15) is 35.5 Å². The molecule has 0 spiro atoms. The summed E-state index contributed by atoms with van der Waals surface area (Å²) in [5.41, 5.74) is 3.75. The van der Waals surface area contributed by atoms with E-state index in [4.69, 9.17) is 0 Å². The number of halogens is 1. The third-order valence-electron chi connectivity index (χ3n) is 6.08. The van der Waals surface area contributed by atoms with E-state index in [0.29, 0.717) is 17.8 Å². The standard InChI is InChI=1S/C26H31FN4O2/c1-18(2)31(26(33)25-16-29(3)17-28-25)13-20-7-8-24(27)23(12-20)21-6-4-5-19(11-21)9-10-30-14-22(32)15-30/h4-8,11-12,16-18,22,32H,9-10,13-15H2,1-3H3. The van der Waals surface area contributed by atoms with Gasteiger partial charge in [-0.25, -0.2) is 9.37 Å². The number of carbonyl (C=O) groups excluding carboxylic acids is 1. The zero-order valence-corrected chi connectivity index (χ0v) is 19.4. The van der Waals surface area contributed by atoms with E-state index in [9.17, 15) is 14.3 Å². The zero-order valence-electron chi connectivity index (χ0n) is 19.4. The van der Waals surface area contributed by atoms with Crippen molar-refractivity contribution in [1.82, 2.24) is 19.4 Å². The number of aliphatic hydroxyl groups is 1. The smallest absolute Gasteiger partial charge is 0.274 e. The topological polar surface area (TPSA) is 61.6 Å². The number of aliphatic hydroxyl groups excluding tert-OH is 1. The molecule has 0 bridgehead atoms. The number of carbonyl (C=O) groups is 1. The van der Waals surface area contributed by atoms with Crippen molar-refractivity contribution in [3.63, 3.8) is 0 Å². The SMILES string of the molecule is CC(C)N(Cc1ccc(F)c(-c2cccc(CCN3CC(O)C3)c2)c1)C(=O)c1cn(C)cn1. The Kier molecular flexibility index (Phi) is 6.91. The van der Waals surface area contributed by atoms with Crippen LogP contribution in [-0.2, 0) is 20.0 Å². The monoisotopic (exact) mass is 450 g/mol. The summed E-state index contributed by atoms with van der Waals surface area (Å²) in [4.78, 5) is 21.1. The highest BCUT2D eigenvalue weighted by atomic mass is 19.1. The van der Waals surface area contributed by atoms with Gasteiger partial charge in [0.2, 0.25) is 0 Å². The van der Waals surface area contributed by atoms with E-state index in [1.54, 1.807) is 28.1 Å². The van der Waals surface area contributed by atoms with Gasteiger partial charge in [-0.3, -0.25) is 9.69 Å². The molecule has 7 heteroatoms. The van der Waals surface area contributed by atoms with Gasteiger partial charge in [0.15, 0.2) is 0 Å². The Labute approximate surface area is 194 Å². The van der Waals surface area contributed by atoms with E-state index in [0.717, 1.165) is 42.7 Å². The number of nitrogens with zero attached hydrogens (tertiary/aromatic N) is 4. The van der Waals surface area contributed by atoms with Gasteiger partial charge in [-0.2, -0.15) is 0 Å². The maximum Gasteiger partial charge on any atom is 0.274 e. The number of amides is 1. The molecule has 1 saturated heterocycles. The van der Waals surface area contributed by atoms with Crippen molar-refractivity contribution in [3.05, 3.63) is 77.6 Å². The molecule has 1 N–H and O–H groups in total. The van der Waals surface area contributed by atoms with E-state index < -0.39 is 0 Å². The van der Waals surface area contributed by atoms with Crippen molar-refractivity contribution in [3.8, 4) is 11.1 Å². The van der Waals surface area contributed by atoms with E-state index in [2.05, 4.69) is 9.88 Å². The molecule has 0 atom stereocenters. The molecular weight excluding hydrogens is 419 g/mol. The number of β-amino-alcohol motifs (C(OH)–C–C–N with tert-alkyl or cyclic N) is 1. The molecule has 1 amide bonds. The lowest BCUT2D eigenvalue weighted by molar-refractivity contribution is 0.00310. The lowest BCUT2D eigenvalue weighted by Crippen LogP contribution is -2.51. The van der Waals surface area contributed by atoms with Crippen molar-refractivity contribution >= 4 is 5.91 Å². The predicted molar refractivity (Wildman–Crippen MR) is 126 cm³/mol. The molecule has 0 aliphatic carbocycles. The van der Waals surface area contributed by atoms with Gasteiger partial charge >= 0.3 is 0 Å². The fourth-order valence-corrected chi connectivity index (χ4v) is 4.15. The third kappa shape index (κ3) is 5.49. The summed E-state index contributed by atoms with van der Waals surface area (Å²) in [6.45, 7) is 6.62. The third-order valence-corrected chi connectivity index (χ3v) is 6.08. The Morgan fingerprint density at radius 3 is 2.67 bits per heavy atom. The van der Waals surface area contributed by atoms with Gasteiger partial charge in [-0.05, 0) is 49.1 Å². The minimum atomic E-state index is -0.283. The Morgan fingerprint density at radius 1 is 1.21 bits per heavy atom. The normalized spacial score (nSPS) is 14.5. The molecule has 33 heavy (non-hydrogen) atoms. The van der Waals surface area contributed by atoms with Crippen LogP contribution in [0.15, 0.2) is 55.0 Å². The van der Waals surface area contributed by atoms with Crippen molar-refractivity contribution in [1.29, 1.82) is 0 Å². The van der Waals surface area contributed by atoms with Crippen LogP contribution in [0.25, 0.3) is 11.1 Å². The summed E-state index contributed by atoms with van der Waals surface area (Å²) in [5.74, 6) is -0.427. The first-order valence-corrected chi connectivity index (χ1v) is 11.4. The Bertz CT molecular complexity index is 1120. The van der Waals surface area contributed by atoms with Crippen LogP contribution in [0.5, 0.6) is 0 Å². The number of rotatable bonds is 8. The van der Waals surface area contributed by atoms with Gasteiger partial charge in [0.05, 0.1) is 12.4 Å². The molecule has 0 saturated carbocycles. The molecular formula is C26H31FN4O2. The van der Waals surface area contributed by atoms with Crippen LogP contribution < -0.4 is 0 Å². The van der Waals surface area contributed by atoms with Crippen LogP contribution in [0, 0.1) is 5.82 Å². The van der Waals surface area contributed by atoms with Gasteiger partial charge in [0.1, 0.15) is 11.5 Å². The molecule has 3 aromatic rings. The summed E-state index contributed by atoms with van der Waals surface area (Å²) >= 11 is 0. The maximum absolute atomic E-state index is 14.8. The lowest BCUT2D eigenvalue weighted by Gasteiger charge is -2.35. The average molecular weight is 451 g/mol. The fourth-order valence-electron chi connectivity index (χ4n) is 4.15.